The van der Waals surface area contributed by atoms with Gasteiger partial charge in [-0.1, -0.05) is 50.3 Å². The molecule has 3 saturated carbocycles. The average Bonchev–Trinajstić information content (AvgIpc) is 2.98. The van der Waals surface area contributed by atoms with Gasteiger partial charge in [-0.05, 0) is 74.9 Å². The van der Waals surface area contributed by atoms with Gasteiger partial charge in [-0.3, -0.25) is 0 Å². The van der Waals surface area contributed by atoms with Crippen LogP contribution in [0.2, 0.25) is 0 Å². The van der Waals surface area contributed by atoms with E-state index in [1.54, 1.807) is 6.21 Å². The molecule has 3 aliphatic rings. The van der Waals surface area contributed by atoms with Crippen molar-refractivity contribution in [3.63, 3.8) is 0 Å². The molecule has 0 amide bonds. The van der Waals surface area contributed by atoms with Gasteiger partial charge in [-0.15, -0.1) is 0 Å². The van der Waals surface area contributed by atoms with Gasteiger partial charge in [0.15, 0.2) is 0 Å². The molecule has 4 heteroatoms. The Kier molecular flexibility index (Phi) is 7.77. The Morgan fingerprint density at radius 2 is 1.85 bits per heavy atom. The summed E-state index contributed by atoms with van der Waals surface area (Å²) in [6.07, 6.45) is 16.6. The molecule has 27 heavy (non-hydrogen) atoms. The molecule has 6 atom stereocenters. The highest BCUT2D eigenvalue weighted by atomic mass is 16.6. The molecule has 0 aromatic carbocycles. The lowest BCUT2D eigenvalue weighted by Gasteiger charge is -2.43. The van der Waals surface area contributed by atoms with Crippen molar-refractivity contribution in [3.05, 3.63) is 12.2 Å². The van der Waals surface area contributed by atoms with Gasteiger partial charge in [-0.2, -0.15) is 0 Å². The van der Waals surface area contributed by atoms with E-state index in [4.69, 9.17) is 4.84 Å². The Labute approximate surface area is 166 Å². The smallest absolute Gasteiger partial charge is 0.129 e. The standard InChI is InChI=1S/C23H40N2O2/c1-17-14-20(18-8-5-4-6-9-18)15-21-22(26)16-19(23(17)21)10-7-11-24-27-13-12-25(2)3/h7,10-11,17-23,26H,4-6,8-9,12-16H2,1-3H3/b10-7+,24-11+/t17?,19-,20+,21-,22?,23-/m1/s1. The molecular formula is C23H40N2O2. The fraction of sp³-hybridized carbons (Fsp3) is 0.870. The van der Waals surface area contributed by atoms with Crippen molar-refractivity contribution < 1.29 is 9.94 Å². The van der Waals surface area contributed by atoms with Crippen molar-refractivity contribution >= 4 is 6.21 Å². The number of allylic oxidation sites excluding steroid dienone is 2. The maximum atomic E-state index is 10.8. The maximum absolute atomic E-state index is 10.8. The normalized spacial score (nSPS) is 38.1. The van der Waals surface area contributed by atoms with Gasteiger partial charge >= 0.3 is 0 Å². The Hall–Kier alpha value is -0.870. The van der Waals surface area contributed by atoms with E-state index in [-0.39, 0.29) is 6.10 Å². The van der Waals surface area contributed by atoms with Crippen LogP contribution in [0.4, 0.5) is 0 Å². The van der Waals surface area contributed by atoms with Crippen LogP contribution >= 0.6 is 0 Å². The number of likely N-dealkylation sites (N-methyl/N-ethyl adjacent to an activating group) is 1. The number of fused-ring (bicyclic) bond motifs is 1. The molecule has 0 saturated heterocycles. The monoisotopic (exact) mass is 376 g/mol. The first kappa shape index (κ1) is 20.9. The van der Waals surface area contributed by atoms with Crippen molar-refractivity contribution in [1.29, 1.82) is 0 Å². The molecule has 0 heterocycles. The van der Waals surface area contributed by atoms with E-state index in [9.17, 15) is 5.11 Å². The van der Waals surface area contributed by atoms with Crippen LogP contribution in [0.1, 0.15) is 58.3 Å². The number of nitrogens with zero attached hydrogens (tertiary/aromatic N) is 2. The number of rotatable bonds is 7. The third kappa shape index (κ3) is 5.57. The second kappa shape index (κ2) is 10.1. The van der Waals surface area contributed by atoms with Gasteiger partial charge in [-0.25, -0.2) is 0 Å². The summed E-state index contributed by atoms with van der Waals surface area (Å²) in [4.78, 5) is 7.35. The zero-order valence-electron chi connectivity index (χ0n) is 17.6. The third-order valence-corrected chi connectivity index (χ3v) is 7.43. The molecule has 0 aromatic rings. The summed E-state index contributed by atoms with van der Waals surface area (Å²) in [7, 11) is 4.05. The number of aliphatic hydroxyl groups is 1. The van der Waals surface area contributed by atoms with E-state index in [0.29, 0.717) is 24.4 Å². The van der Waals surface area contributed by atoms with Gasteiger partial charge in [0.25, 0.3) is 0 Å². The Morgan fingerprint density at radius 3 is 2.59 bits per heavy atom. The zero-order chi connectivity index (χ0) is 19.2. The Bertz CT molecular complexity index is 499. The van der Waals surface area contributed by atoms with Gasteiger partial charge in [0, 0.05) is 6.54 Å². The SMILES string of the molecule is CC1C[C@H](C2CCCCC2)C[C@@H]2C(O)C[C@@H](/C=C/C=N/OCCN(C)C)[C@@H]12. The first-order chi connectivity index (χ1) is 13.1. The molecule has 4 nitrogen and oxygen atoms in total. The summed E-state index contributed by atoms with van der Waals surface area (Å²) in [5.74, 6) is 4.13. The van der Waals surface area contributed by atoms with Gasteiger partial charge in [0.05, 0.1) is 12.3 Å². The minimum atomic E-state index is -0.119. The number of hydrogen-bond acceptors (Lipinski definition) is 4. The van der Waals surface area contributed by atoms with Crippen LogP contribution in [-0.2, 0) is 4.84 Å². The molecule has 3 rings (SSSR count). The number of aliphatic hydroxyl groups excluding tert-OH is 1. The molecular weight excluding hydrogens is 336 g/mol. The second-order valence-electron chi connectivity index (χ2n) is 9.59. The van der Waals surface area contributed by atoms with Crippen LogP contribution in [0.15, 0.2) is 17.3 Å². The molecule has 0 radical (unpaired) electrons. The molecule has 3 aliphatic carbocycles. The minimum absolute atomic E-state index is 0.119. The van der Waals surface area contributed by atoms with Gasteiger partial charge < -0.3 is 14.8 Å². The molecule has 0 aliphatic heterocycles. The van der Waals surface area contributed by atoms with Crippen molar-refractivity contribution in [2.45, 2.75) is 64.4 Å². The van der Waals surface area contributed by atoms with Gasteiger partial charge in [0.2, 0.25) is 0 Å². The third-order valence-electron chi connectivity index (χ3n) is 7.43. The first-order valence-corrected chi connectivity index (χ1v) is 11.2. The first-order valence-electron chi connectivity index (χ1n) is 11.2. The average molecular weight is 377 g/mol. The van der Waals surface area contributed by atoms with Gasteiger partial charge in [0.1, 0.15) is 6.61 Å². The number of hydrogen-bond donors (Lipinski definition) is 1. The molecule has 0 spiro atoms. The largest absolute Gasteiger partial charge is 0.394 e. The summed E-state index contributed by atoms with van der Waals surface area (Å²) >= 11 is 0. The summed E-state index contributed by atoms with van der Waals surface area (Å²) < 4.78 is 0. The van der Waals surface area contributed by atoms with E-state index >= 15 is 0 Å². The summed E-state index contributed by atoms with van der Waals surface area (Å²) in [5.41, 5.74) is 0. The van der Waals surface area contributed by atoms with Crippen LogP contribution in [0, 0.1) is 35.5 Å². The van der Waals surface area contributed by atoms with Crippen molar-refractivity contribution in [1.82, 2.24) is 4.90 Å². The van der Waals surface area contributed by atoms with Crippen LogP contribution in [0.3, 0.4) is 0 Å². The van der Waals surface area contributed by atoms with Crippen LogP contribution in [0.25, 0.3) is 0 Å². The van der Waals surface area contributed by atoms with Crippen LogP contribution in [0.5, 0.6) is 0 Å². The number of oxime groups is 1. The predicted molar refractivity (Wildman–Crippen MR) is 112 cm³/mol. The molecule has 0 bridgehead atoms. The van der Waals surface area contributed by atoms with E-state index in [2.05, 4.69) is 23.1 Å². The zero-order valence-corrected chi connectivity index (χ0v) is 17.6. The fourth-order valence-electron chi connectivity index (χ4n) is 6.17. The summed E-state index contributed by atoms with van der Waals surface area (Å²) in [5, 5.41) is 14.8. The lowest BCUT2D eigenvalue weighted by Crippen LogP contribution is -2.37. The lowest BCUT2D eigenvalue weighted by molar-refractivity contribution is 0.0255. The fourth-order valence-corrected chi connectivity index (χ4v) is 6.17. The summed E-state index contributed by atoms with van der Waals surface area (Å²) in [6.45, 7) is 3.92. The van der Waals surface area contributed by atoms with Crippen molar-refractivity contribution in [2.24, 2.45) is 40.7 Å². The quantitative estimate of drug-likeness (QED) is 0.408. The predicted octanol–water partition coefficient (Wildman–Crippen LogP) is 4.35. The van der Waals surface area contributed by atoms with Crippen LogP contribution in [-0.4, -0.2) is 49.6 Å². The highest BCUT2D eigenvalue weighted by molar-refractivity contribution is 5.70. The van der Waals surface area contributed by atoms with E-state index in [1.807, 2.05) is 20.2 Å². The highest BCUT2D eigenvalue weighted by Gasteiger charge is 2.48. The molecule has 154 valence electrons. The van der Waals surface area contributed by atoms with E-state index in [1.165, 1.54) is 44.9 Å². The molecule has 0 aromatic heterocycles. The second-order valence-corrected chi connectivity index (χ2v) is 9.59. The highest BCUT2D eigenvalue weighted by Crippen LogP contribution is 2.53. The molecule has 3 fully saturated rings. The summed E-state index contributed by atoms with van der Waals surface area (Å²) in [6, 6.07) is 0. The maximum Gasteiger partial charge on any atom is 0.129 e. The lowest BCUT2D eigenvalue weighted by atomic mass is 9.62. The molecule has 1 N–H and O–H groups in total. The Morgan fingerprint density at radius 1 is 1.07 bits per heavy atom. The van der Waals surface area contributed by atoms with Crippen molar-refractivity contribution in [3.8, 4) is 0 Å². The van der Waals surface area contributed by atoms with E-state index < -0.39 is 0 Å². The Balaban J connectivity index is 1.51. The minimum Gasteiger partial charge on any atom is -0.394 e. The molecule has 2 unspecified atom stereocenters. The van der Waals surface area contributed by atoms with E-state index in [0.717, 1.165) is 30.7 Å². The van der Waals surface area contributed by atoms with Crippen LogP contribution < -0.4 is 0 Å². The topological polar surface area (TPSA) is 45.1 Å². The van der Waals surface area contributed by atoms with Crippen molar-refractivity contribution in [2.75, 3.05) is 27.2 Å².